The molecule has 0 amide bonds. The van der Waals surface area contributed by atoms with Crippen LogP contribution in [0.5, 0.6) is 5.88 Å². The molecule has 2 rings (SSSR count). The Hall–Kier alpha value is -1.24. The maximum atomic E-state index is 11.9. The summed E-state index contributed by atoms with van der Waals surface area (Å²) >= 11 is 3.22. The predicted octanol–water partition coefficient (Wildman–Crippen LogP) is 3.22. The van der Waals surface area contributed by atoms with Crippen molar-refractivity contribution in [1.29, 1.82) is 0 Å². The summed E-state index contributed by atoms with van der Waals surface area (Å²) in [6.45, 7) is 0. The number of H-pyrrole nitrogens is 1. The molecule has 0 atom stereocenters. The average Bonchev–Trinajstić information content (AvgIpc) is 2.45. The van der Waals surface area contributed by atoms with Crippen LogP contribution in [0.4, 0.5) is 13.2 Å². The van der Waals surface area contributed by atoms with Crippen LogP contribution in [0.15, 0.2) is 22.9 Å². The third-order valence-corrected chi connectivity index (χ3v) is 2.37. The van der Waals surface area contributed by atoms with E-state index < -0.39 is 12.2 Å². The number of rotatable bonds is 1. The maximum absolute atomic E-state index is 11.9. The Bertz CT molecular complexity index is 494. The van der Waals surface area contributed by atoms with Crippen molar-refractivity contribution in [1.82, 2.24) is 9.97 Å². The van der Waals surface area contributed by atoms with Crippen molar-refractivity contribution in [2.75, 3.05) is 0 Å². The Labute approximate surface area is 90.4 Å². The zero-order valence-electron chi connectivity index (χ0n) is 7.10. The highest BCUT2D eigenvalue weighted by Crippen LogP contribution is 2.27. The summed E-state index contributed by atoms with van der Waals surface area (Å²) in [6.07, 6.45) is -1.80. The summed E-state index contributed by atoms with van der Waals surface area (Å²) in [5.74, 6) is -0.482. The first-order valence-electron chi connectivity index (χ1n) is 3.84. The van der Waals surface area contributed by atoms with Crippen LogP contribution >= 0.6 is 15.9 Å². The van der Waals surface area contributed by atoms with Crippen LogP contribution < -0.4 is 4.74 Å². The maximum Gasteiger partial charge on any atom is 0.574 e. The average molecular weight is 281 g/mol. The number of aromatic amines is 1. The van der Waals surface area contributed by atoms with E-state index in [-0.39, 0.29) is 0 Å². The molecule has 0 spiro atoms. The smallest absolute Gasteiger partial charge is 0.388 e. The molecular weight excluding hydrogens is 277 g/mol. The number of nitrogens with one attached hydrogen (secondary N) is 1. The quantitative estimate of drug-likeness (QED) is 0.871. The zero-order chi connectivity index (χ0) is 11.1. The van der Waals surface area contributed by atoms with Gasteiger partial charge < -0.3 is 9.72 Å². The summed E-state index contributed by atoms with van der Waals surface area (Å²) in [6, 6.07) is 1.19. The summed E-state index contributed by atoms with van der Waals surface area (Å²) in [7, 11) is 0. The highest BCUT2D eigenvalue weighted by molar-refractivity contribution is 9.10. The van der Waals surface area contributed by atoms with Crippen molar-refractivity contribution in [3.63, 3.8) is 0 Å². The van der Waals surface area contributed by atoms with Crippen molar-refractivity contribution < 1.29 is 17.9 Å². The van der Waals surface area contributed by atoms with Gasteiger partial charge in [-0.1, -0.05) is 0 Å². The van der Waals surface area contributed by atoms with Crippen molar-refractivity contribution in [3.8, 4) is 5.88 Å². The summed E-state index contributed by atoms with van der Waals surface area (Å²) in [5.41, 5.74) is 0.524. The standard InChI is InChI=1S/C8H4BrF3N2O/c9-5-3-13-6-1-7(14-2-4(5)6)15-8(10,11)12/h1-3,13H. The molecule has 0 fully saturated rings. The van der Waals surface area contributed by atoms with Crippen LogP contribution in [-0.2, 0) is 0 Å². The van der Waals surface area contributed by atoms with Gasteiger partial charge in [0.2, 0.25) is 5.88 Å². The van der Waals surface area contributed by atoms with Crippen LogP contribution in [0.2, 0.25) is 0 Å². The van der Waals surface area contributed by atoms with E-state index in [0.29, 0.717) is 10.9 Å². The fourth-order valence-electron chi connectivity index (χ4n) is 1.14. The number of pyridine rings is 1. The summed E-state index contributed by atoms with van der Waals surface area (Å²) < 4.78 is 40.0. The van der Waals surface area contributed by atoms with Crippen LogP contribution in [0.3, 0.4) is 0 Å². The second kappa shape index (κ2) is 3.41. The highest BCUT2D eigenvalue weighted by Gasteiger charge is 2.31. The molecule has 0 aliphatic heterocycles. The summed E-state index contributed by atoms with van der Waals surface area (Å²) in [4.78, 5) is 6.31. The van der Waals surface area contributed by atoms with Gasteiger partial charge in [-0.2, -0.15) is 0 Å². The first-order chi connectivity index (χ1) is 6.96. The van der Waals surface area contributed by atoms with Gasteiger partial charge in [0.15, 0.2) is 0 Å². The zero-order valence-corrected chi connectivity index (χ0v) is 8.69. The molecule has 0 aromatic carbocycles. The molecular formula is C8H4BrF3N2O. The number of aromatic nitrogens is 2. The van der Waals surface area contributed by atoms with E-state index in [1.165, 1.54) is 12.3 Å². The largest absolute Gasteiger partial charge is 0.574 e. The molecule has 2 aromatic rings. The number of hydrogen-bond donors (Lipinski definition) is 1. The molecule has 2 heterocycles. The minimum atomic E-state index is -4.72. The molecule has 15 heavy (non-hydrogen) atoms. The minimum absolute atomic E-state index is 0.482. The van der Waals surface area contributed by atoms with Gasteiger partial charge in [-0.3, -0.25) is 0 Å². The third kappa shape index (κ3) is 2.23. The van der Waals surface area contributed by atoms with Crippen molar-refractivity contribution >= 4 is 26.8 Å². The van der Waals surface area contributed by atoms with E-state index in [1.807, 2.05) is 0 Å². The molecule has 0 saturated carbocycles. The molecule has 0 saturated heterocycles. The Balaban J connectivity index is 2.39. The minimum Gasteiger partial charge on any atom is -0.388 e. The molecule has 0 aliphatic rings. The molecule has 0 unspecified atom stereocenters. The lowest BCUT2D eigenvalue weighted by molar-refractivity contribution is -0.276. The second-order valence-electron chi connectivity index (χ2n) is 2.75. The lowest BCUT2D eigenvalue weighted by Crippen LogP contribution is -2.17. The summed E-state index contributed by atoms with van der Waals surface area (Å²) in [5, 5.41) is 0.699. The van der Waals surface area contributed by atoms with Crippen LogP contribution in [0.1, 0.15) is 0 Å². The fourth-order valence-corrected chi connectivity index (χ4v) is 1.57. The number of hydrogen-bond acceptors (Lipinski definition) is 2. The number of halogens is 4. The monoisotopic (exact) mass is 280 g/mol. The van der Waals surface area contributed by atoms with E-state index in [4.69, 9.17) is 0 Å². The van der Waals surface area contributed by atoms with Crippen molar-refractivity contribution in [3.05, 3.63) is 22.9 Å². The lowest BCUT2D eigenvalue weighted by Gasteiger charge is -2.06. The molecule has 2 aromatic heterocycles. The molecule has 0 radical (unpaired) electrons. The van der Waals surface area contributed by atoms with E-state index in [9.17, 15) is 13.2 Å². The van der Waals surface area contributed by atoms with Crippen LogP contribution in [0, 0.1) is 0 Å². The molecule has 80 valence electrons. The predicted molar refractivity (Wildman–Crippen MR) is 50.5 cm³/mol. The Morgan fingerprint density at radius 3 is 2.80 bits per heavy atom. The van der Waals surface area contributed by atoms with Gasteiger partial charge in [-0.15, -0.1) is 13.2 Å². The Morgan fingerprint density at radius 1 is 1.40 bits per heavy atom. The molecule has 7 heteroatoms. The number of ether oxygens (including phenoxy) is 1. The highest BCUT2D eigenvalue weighted by atomic mass is 79.9. The van der Waals surface area contributed by atoms with Crippen molar-refractivity contribution in [2.24, 2.45) is 0 Å². The van der Waals surface area contributed by atoms with Gasteiger partial charge >= 0.3 is 6.36 Å². The van der Waals surface area contributed by atoms with Crippen molar-refractivity contribution in [2.45, 2.75) is 6.36 Å². The number of alkyl halides is 3. The van der Waals surface area contributed by atoms with Gasteiger partial charge in [0, 0.05) is 28.3 Å². The van der Waals surface area contributed by atoms with Gasteiger partial charge in [-0.05, 0) is 15.9 Å². The van der Waals surface area contributed by atoms with E-state index in [0.717, 1.165) is 4.47 Å². The van der Waals surface area contributed by atoms with Gasteiger partial charge in [0.25, 0.3) is 0 Å². The van der Waals surface area contributed by atoms with Crippen LogP contribution in [0.25, 0.3) is 10.9 Å². The van der Waals surface area contributed by atoms with E-state index in [1.54, 1.807) is 6.20 Å². The molecule has 0 aliphatic carbocycles. The van der Waals surface area contributed by atoms with Gasteiger partial charge in [0.05, 0.1) is 5.52 Å². The Morgan fingerprint density at radius 2 is 2.13 bits per heavy atom. The Kier molecular flexibility index (Phi) is 2.34. The first kappa shape index (κ1) is 10.3. The third-order valence-electron chi connectivity index (χ3n) is 1.71. The van der Waals surface area contributed by atoms with E-state index in [2.05, 4.69) is 30.6 Å². The SMILES string of the molecule is FC(F)(F)Oc1cc2[nH]cc(Br)c2cn1. The number of nitrogens with zero attached hydrogens (tertiary/aromatic N) is 1. The molecule has 1 N–H and O–H groups in total. The normalized spacial score (nSPS) is 12.0. The van der Waals surface area contributed by atoms with Crippen LogP contribution in [-0.4, -0.2) is 16.3 Å². The van der Waals surface area contributed by atoms with Gasteiger partial charge in [-0.25, -0.2) is 4.98 Å². The molecule has 3 nitrogen and oxygen atoms in total. The molecule has 0 bridgehead atoms. The van der Waals surface area contributed by atoms with Gasteiger partial charge in [0.1, 0.15) is 0 Å². The second-order valence-corrected chi connectivity index (χ2v) is 3.61. The number of fused-ring (bicyclic) bond motifs is 1. The lowest BCUT2D eigenvalue weighted by atomic mass is 10.3. The fraction of sp³-hybridized carbons (Fsp3) is 0.125. The first-order valence-corrected chi connectivity index (χ1v) is 4.63. The topological polar surface area (TPSA) is 37.9 Å². The van der Waals surface area contributed by atoms with E-state index >= 15 is 0 Å².